The van der Waals surface area contributed by atoms with Gasteiger partial charge in [0.2, 0.25) is 5.91 Å². The SMILES string of the molecule is CC(=O)CNC(=O)Cc1cccc(N)c1.CC(C)C. The van der Waals surface area contributed by atoms with E-state index in [1.807, 2.05) is 6.07 Å². The summed E-state index contributed by atoms with van der Waals surface area (Å²) in [6.45, 7) is 8.02. The topological polar surface area (TPSA) is 72.2 Å². The van der Waals surface area contributed by atoms with Crippen LogP contribution in [0.5, 0.6) is 0 Å². The molecule has 1 rings (SSSR count). The molecule has 4 heteroatoms. The molecule has 0 saturated heterocycles. The lowest BCUT2D eigenvalue weighted by Crippen LogP contribution is -2.29. The average Bonchev–Trinajstić information content (AvgIpc) is 2.25. The van der Waals surface area contributed by atoms with Crippen LogP contribution in [0.1, 0.15) is 33.3 Å². The van der Waals surface area contributed by atoms with Gasteiger partial charge in [-0.15, -0.1) is 0 Å². The van der Waals surface area contributed by atoms with Crippen molar-refractivity contribution in [3.05, 3.63) is 29.8 Å². The fourth-order valence-electron chi connectivity index (χ4n) is 1.17. The predicted molar refractivity (Wildman–Crippen MR) is 78.8 cm³/mol. The highest BCUT2D eigenvalue weighted by Gasteiger charge is 2.03. The smallest absolute Gasteiger partial charge is 0.224 e. The maximum absolute atomic E-state index is 11.3. The predicted octanol–water partition coefficient (Wildman–Crippen LogP) is 2.18. The van der Waals surface area contributed by atoms with Crippen LogP contribution in [-0.4, -0.2) is 18.2 Å². The number of amides is 1. The van der Waals surface area contributed by atoms with Gasteiger partial charge in [0, 0.05) is 5.69 Å². The Balaban J connectivity index is 0.000000711. The summed E-state index contributed by atoms with van der Waals surface area (Å²) >= 11 is 0. The summed E-state index contributed by atoms with van der Waals surface area (Å²) in [6, 6.07) is 7.12. The van der Waals surface area contributed by atoms with Crippen LogP contribution < -0.4 is 11.1 Å². The van der Waals surface area contributed by atoms with Gasteiger partial charge in [0.1, 0.15) is 5.78 Å². The molecule has 0 atom stereocenters. The Morgan fingerprint density at radius 2 is 1.84 bits per heavy atom. The Bertz CT molecular complexity index is 412. The number of rotatable bonds is 4. The molecule has 19 heavy (non-hydrogen) atoms. The van der Waals surface area contributed by atoms with Crippen LogP contribution in [0.4, 0.5) is 5.69 Å². The van der Waals surface area contributed by atoms with Crippen LogP contribution in [0.2, 0.25) is 0 Å². The zero-order valence-electron chi connectivity index (χ0n) is 12.2. The van der Waals surface area contributed by atoms with Gasteiger partial charge in [-0.25, -0.2) is 0 Å². The summed E-state index contributed by atoms with van der Waals surface area (Å²) < 4.78 is 0. The summed E-state index contributed by atoms with van der Waals surface area (Å²) in [6.07, 6.45) is 0.248. The molecule has 0 saturated carbocycles. The van der Waals surface area contributed by atoms with Crippen molar-refractivity contribution >= 4 is 17.4 Å². The van der Waals surface area contributed by atoms with E-state index >= 15 is 0 Å². The second kappa shape index (κ2) is 9.14. The number of nitrogen functional groups attached to an aromatic ring is 1. The summed E-state index contributed by atoms with van der Waals surface area (Å²) in [7, 11) is 0. The third-order valence-corrected chi connectivity index (χ3v) is 1.85. The second-order valence-electron chi connectivity index (χ2n) is 5.13. The fourth-order valence-corrected chi connectivity index (χ4v) is 1.17. The molecule has 0 spiro atoms. The Morgan fingerprint density at radius 1 is 1.26 bits per heavy atom. The number of nitrogens with one attached hydrogen (secondary N) is 1. The van der Waals surface area contributed by atoms with Gasteiger partial charge in [0.05, 0.1) is 13.0 Å². The van der Waals surface area contributed by atoms with Gasteiger partial charge in [-0.3, -0.25) is 9.59 Å². The van der Waals surface area contributed by atoms with Gasteiger partial charge in [0.15, 0.2) is 0 Å². The standard InChI is InChI=1S/C11H14N2O2.C4H10/c1-8(14)7-13-11(15)6-9-3-2-4-10(12)5-9;1-4(2)3/h2-5H,6-7,12H2,1H3,(H,13,15);4H,1-3H3. The van der Waals surface area contributed by atoms with Crippen molar-refractivity contribution in [3.63, 3.8) is 0 Å². The molecule has 0 fully saturated rings. The Morgan fingerprint density at radius 3 is 2.32 bits per heavy atom. The number of benzene rings is 1. The lowest BCUT2D eigenvalue weighted by molar-refractivity contribution is -0.124. The maximum atomic E-state index is 11.3. The maximum Gasteiger partial charge on any atom is 0.224 e. The van der Waals surface area contributed by atoms with E-state index in [-0.39, 0.29) is 24.7 Å². The Labute approximate surface area is 115 Å². The number of ketones is 1. The van der Waals surface area contributed by atoms with Crippen molar-refractivity contribution in [2.45, 2.75) is 34.1 Å². The van der Waals surface area contributed by atoms with E-state index in [1.165, 1.54) is 6.92 Å². The largest absolute Gasteiger partial charge is 0.399 e. The number of Topliss-reactive ketones (excluding diaryl/α,β-unsaturated/α-hetero) is 1. The van der Waals surface area contributed by atoms with Crippen molar-refractivity contribution in [1.82, 2.24) is 5.32 Å². The number of anilines is 1. The highest BCUT2D eigenvalue weighted by molar-refractivity contribution is 5.85. The monoisotopic (exact) mass is 264 g/mol. The van der Waals surface area contributed by atoms with Gasteiger partial charge in [-0.1, -0.05) is 32.9 Å². The first-order valence-electron chi connectivity index (χ1n) is 6.41. The third kappa shape index (κ3) is 11.0. The minimum Gasteiger partial charge on any atom is -0.399 e. The Kier molecular flexibility index (Phi) is 8.25. The van der Waals surface area contributed by atoms with E-state index in [1.54, 1.807) is 18.2 Å². The van der Waals surface area contributed by atoms with Crippen molar-refractivity contribution in [1.29, 1.82) is 0 Å². The number of carbonyl (C=O) groups excluding carboxylic acids is 2. The molecule has 0 heterocycles. The third-order valence-electron chi connectivity index (χ3n) is 1.85. The molecule has 3 N–H and O–H groups in total. The first-order valence-corrected chi connectivity index (χ1v) is 6.41. The van der Waals surface area contributed by atoms with Crippen molar-refractivity contribution in [2.75, 3.05) is 12.3 Å². The van der Waals surface area contributed by atoms with E-state index in [4.69, 9.17) is 5.73 Å². The molecule has 0 aliphatic rings. The van der Waals surface area contributed by atoms with Crippen molar-refractivity contribution in [2.24, 2.45) is 5.92 Å². The lowest BCUT2D eigenvalue weighted by Gasteiger charge is -2.03. The van der Waals surface area contributed by atoms with Crippen LogP contribution in [0.25, 0.3) is 0 Å². The molecule has 0 aliphatic heterocycles. The molecule has 4 nitrogen and oxygen atoms in total. The molecule has 1 amide bonds. The van der Waals surface area contributed by atoms with Crippen molar-refractivity contribution in [3.8, 4) is 0 Å². The number of nitrogens with two attached hydrogens (primary N) is 1. The molecule has 0 unspecified atom stereocenters. The minimum absolute atomic E-state index is 0.0593. The highest BCUT2D eigenvalue weighted by Crippen LogP contribution is 2.06. The molecule has 1 aromatic carbocycles. The zero-order valence-corrected chi connectivity index (χ0v) is 12.2. The van der Waals surface area contributed by atoms with E-state index in [9.17, 15) is 9.59 Å². The molecule has 0 radical (unpaired) electrons. The van der Waals surface area contributed by atoms with E-state index in [2.05, 4.69) is 26.1 Å². The minimum atomic E-state index is -0.171. The quantitative estimate of drug-likeness (QED) is 0.819. The summed E-state index contributed by atoms with van der Waals surface area (Å²) in [5, 5.41) is 2.52. The normalized spacial score (nSPS) is 9.53. The lowest BCUT2D eigenvalue weighted by atomic mass is 10.1. The number of hydrogen-bond acceptors (Lipinski definition) is 3. The van der Waals surface area contributed by atoms with Gasteiger partial charge in [-0.2, -0.15) is 0 Å². The van der Waals surface area contributed by atoms with Gasteiger partial charge >= 0.3 is 0 Å². The molecule has 0 aliphatic carbocycles. The van der Waals surface area contributed by atoms with E-state index in [0.29, 0.717) is 5.69 Å². The summed E-state index contributed by atoms with van der Waals surface area (Å²) in [5.41, 5.74) is 7.05. The zero-order chi connectivity index (χ0) is 14.8. The van der Waals surface area contributed by atoms with Gasteiger partial charge in [0.25, 0.3) is 0 Å². The first kappa shape index (κ1) is 17.2. The second-order valence-corrected chi connectivity index (χ2v) is 5.13. The van der Waals surface area contributed by atoms with E-state index in [0.717, 1.165) is 11.5 Å². The average molecular weight is 264 g/mol. The number of hydrogen-bond donors (Lipinski definition) is 2. The van der Waals surface area contributed by atoms with Crippen LogP contribution in [0, 0.1) is 5.92 Å². The van der Waals surface area contributed by atoms with Crippen LogP contribution in [0.15, 0.2) is 24.3 Å². The fraction of sp³-hybridized carbons (Fsp3) is 0.467. The number of carbonyl (C=O) groups is 2. The molecule has 0 bridgehead atoms. The van der Waals surface area contributed by atoms with Crippen LogP contribution >= 0.6 is 0 Å². The molecule has 0 aromatic heterocycles. The van der Waals surface area contributed by atoms with Gasteiger partial charge < -0.3 is 11.1 Å². The highest BCUT2D eigenvalue weighted by atomic mass is 16.2. The summed E-state index contributed by atoms with van der Waals surface area (Å²) in [5.74, 6) is 0.603. The van der Waals surface area contributed by atoms with Crippen LogP contribution in [-0.2, 0) is 16.0 Å². The Hall–Kier alpha value is -1.84. The van der Waals surface area contributed by atoms with Gasteiger partial charge in [-0.05, 0) is 30.5 Å². The molecule has 1 aromatic rings. The summed E-state index contributed by atoms with van der Waals surface area (Å²) in [4.78, 5) is 21.9. The van der Waals surface area contributed by atoms with Crippen molar-refractivity contribution < 1.29 is 9.59 Å². The van der Waals surface area contributed by atoms with Crippen LogP contribution in [0.3, 0.4) is 0 Å². The molecule has 106 valence electrons. The molecular weight excluding hydrogens is 240 g/mol. The first-order chi connectivity index (χ1) is 8.81. The van der Waals surface area contributed by atoms with E-state index < -0.39 is 0 Å². The molecular formula is C15H24N2O2.